The highest BCUT2D eigenvalue weighted by Gasteiger charge is 2.31. The minimum Gasteiger partial charge on any atom is -0.486 e. The van der Waals surface area contributed by atoms with Crippen LogP contribution in [-0.4, -0.2) is 34.9 Å². The van der Waals surface area contributed by atoms with Crippen LogP contribution in [0, 0.1) is 50.2 Å². The highest BCUT2D eigenvalue weighted by atomic mass is 32.1. The summed E-state index contributed by atoms with van der Waals surface area (Å²) in [5, 5.41) is 29.9. The van der Waals surface area contributed by atoms with E-state index in [1.54, 1.807) is 60.8 Å². The van der Waals surface area contributed by atoms with Crippen LogP contribution in [0.2, 0.25) is 0 Å². The number of pyridine rings is 4. The van der Waals surface area contributed by atoms with E-state index in [1.807, 2.05) is 133 Å². The van der Waals surface area contributed by atoms with Crippen molar-refractivity contribution >= 4 is 11.3 Å². The van der Waals surface area contributed by atoms with E-state index in [2.05, 4.69) is 115 Å². The van der Waals surface area contributed by atoms with E-state index in [-0.39, 0.29) is 34.0 Å². The van der Waals surface area contributed by atoms with Crippen molar-refractivity contribution in [1.29, 1.82) is 15.8 Å². The Morgan fingerprint density at radius 1 is 0.400 bits per heavy atom. The second kappa shape index (κ2) is 27.4. The molecule has 0 aliphatic carbocycles. The average Bonchev–Trinajstić information content (AvgIpc) is 4.01. The van der Waals surface area contributed by atoms with Gasteiger partial charge in [-0.05, 0) is 124 Å². The maximum absolute atomic E-state index is 9.03. The van der Waals surface area contributed by atoms with Crippen molar-refractivity contribution in [3.63, 3.8) is 0 Å². The van der Waals surface area contributed by atoms with Gasteiger partial charge < -0.3 is 14.2 Å². The van der Waals surface area contributed by atoms with Gasteiger partial charge in [-0.1, -0.05) is 105 Å². The van der Waals surface area contributed by atoms with Crippen LogP contribution in [0.1, 0.15) is 147 Å². The Morgan fingerprint density at radius 2 is 0.787 bits per heavy atom. The lowest BCUT2D eigenvalue weighted by Gasteiger charge is -2.31. The predicted octanol–water partition coefficient (Wildman–Crippen LogP) is 14.8. The molecule has 3 unspecified atom stereocenters. The van der Waals surface area contributed by atoms with E-state index in [1.165, 1.54) is 0 Å². The van der Waals surface area contributed by atoms with Crippen LogP contribution in [-0.2, 0) is 19.8 Å². The quantitative estimate of drug-likeness (QED) is 0.0943. The number of hydrogen-bond acceptors (Lipinski definition) is 14. The lowest BCUT2D eigenvalue weighted by atomic mass is 9.74. The minimum atomic E-state index is -0.0264. The molecule has 0 fully saturated rings. The van der Waals surface area contributed by atoms with E-state index < -0.39 is 0 Å². The Hall–Kier alpha value is -9.16. The van der Waals surface area contributed by atoms with Gasteiger partial charge in [-0.3, -0.25) is 19.9 Å². The van der Waals surface area contributed by atoms with Gasteiger partial charge in [0.15, 0.2) is 5.82 Å². The summed E-state index contributed by atoms with van der Waals surface area (Å²) in [7, 11) is 0. The van der Waals surface area contributed by atoms with Gasteiger partial charge in [-0.15, -0.1) is 11.3 Å². The van der Waals surface area contributed by atoms with Gasteiger partial charge >= 0.3 is 0 Å². The van der Waals surface area contributed by atoms with Crippen LogP contribution in [0.3, 0.4) is 0 Å². The number of rotatable bonds is 15. The average molecular weight is 1080 g/mol. The van der Waals surface area contributed by atoms with E-state index in [0.29, 0.717) is 48.1 Å². The SMILES string of the molecule is CC(C)(C)C(c1ccc(C#N)cc1)c1ccc(OCc2ccccn2)cn1.CC(C)(C)C(c1ccc(C#N)cc1)c1ccc(OCc2ncccn2)cn1.CC(C)(C)C(c1ccc(C#N)cc1)c1ccc(OCc2nccs2)cn1. The first-order valence-corrected chi connectivity index (χ1v) is 27.1. The molecule has 3 aromatic carbocycles. The van der Waals surface area contributed by atoms with Gasteiger partial charge in [0.25, 0.3) is 0 Å². The highest BCUT2D eigenvalue weighted by molar-refractivity contribution is 7.09. The maximum Gasteiger partial charge on any atom is 0.166 e. The smallest absolute Gasteiger partial charge is 0.166 e. The second-order valence-corrected chi connectivity index (χ2v) is 23.1. The monoisotopic (exact) mass is 1080 g/mol. The first-order chi connectivity index (χ1) is 38.4. The number of hydrogen-bond donors (Lipinski definition) is 0. The van der Waals surface area contributed by atoms with Crippen molar-refractivity contribution in [3.8, 4) is 35.5 Å². The molecule has 0 amide bonds. The van der Waals surface area contributed by atoms with E-state index >= 15 is 0 Å². The molecule has 0 bridgehead atoms. The van der Waals surface area contributed by atoms with Crippen molar-refractivity contribution in [3.05, 3.63) is 249 Å². The van der Waals surface area contributed by atoms with E-state index in [0.717, 1.165) is 56.0 Å². The molecule has 6 heterocycles. The Kier molecular flexibility index (Phi) is 20.1. The largest absolute Gasteiger partial charge is 0.486 e. The van der Waals surface area contributed by atoms with Crippen LogP contribution in [0.25, 0.3) is 0 Å². The van der Waals surface area contributed by atoms with Crippen molar-refractivity contribution in [2.75, 3.05) is 0 Å². The van der Waals surface area contributed by atoms with Crippen LogP contribution in [0.15, 0.2) is 182 Å². The zero-order valence-electron chi connectivity index (χ0n) is 46.8. The molecule has 3 atom stereocenters. The minimum absolute atomic E-state index is 0.00950. The van der Waals surface area contributed by atoms with Crippen LogP contribution >= 0.6 is 11.3 Å². The van der Waals surface area contributed by atoms with Crippen LogP contribution in [0.4, 0.5) is 0 Å². The topological polar surface area (TPSA) is 189 Å². The van der Waals surface area contributed by atoms with Crippen LogP contribution < -0.4 is 14.2 Å². The molecule has 13 nitrogen and oxygen atoms in total. The normalized spacial score (nSPS) is 12.3. The zero-order valence-corrected chi connectivity index (χ0v) is 47.6. The lowest BCUT2D eigenvalue weighted by molar-refractivity contribution is 0.293. The summed E-state index contributed by atoms with van der Waals surface area (Å²) < 4.78 is 17.3. The molecule has 0 saturated heterocycles. The number of benzene rings is 3. The third kappa shape index (κ3) is 16.9. The first kappa shape index (κ1) is 58.5. The number of thiazole rings is 1. The Morgan fingerprint density at radius 3 is 1.11 bits per heavy atom. The van der Waals surface area contributed by atoms with Crippen LogP contribution in [0.5, 0.6) is 17.2 Å². The van der Waals surface area contributed by atoms with Gasteiger partial charge in [-0.25, -0.2) is 15.0 Å². The molecule has 0 spiro atoms. The summed E-state index contributed by atoms with van der Waals surface area (Å²) in [6.45, 7) is 20.9. The summed E-state index contributed by atoms with van der Waals surface area (Å²) in [5.74, 6) is 3.12. The Balaban J connectivity index is 0.000000173. The molecular formula is C66H66N10O3S. The third-order valence-electron chi connectivity index (χ3n) is 12.8. The van der Waals surface area contributed by atoms with Crippen molar-refractivity contribution in [1.82, 2.24) is 34.9 Å². The fraction of sp³-hybridized carbons (Fsp3) is 0.273. The number of nitrogens with zero attached hydrogens (tertiary/aromatic N) is 10. The standard InChI is InChI=1S/C23H23N3O.C22H22N4O.C21H21N3OS/c1-23(2,3)22(18-9-7-17(14-24)8-10-18)21-12-11-20(15-26-21)27-16-19-6-4-5-13-25-19;1-22(2,3)21(17-7-5-16(13-23)6-8-17)19-10-9-18(14-26-19)27-15-20-24-11-4-12-25-20;1-21(2,3)20(16-6-4-15(12-22)5-7-16)18-9-8-17(13-24-18)25-14-19-23-10-11-26-19/h4-13,15,22H,16H2,1-3H3;4-12,14,21H,15H2,1-3H3;4-11,13,20H,14H2,1-3H3. The molecule has 0 radical (unpaired) electrons. The van der Waals surface area contributed by atoms with Gasteiger partial charge in [0.2, 0.25) is 0 Å². The molecular weight excluding hydrogens is 1010 g/mol. The Bertz CT molecular complexity index is 3270. The third-order valence-corrected chi connectivity index (χ3v) is 13.6. The van der Waals surface area contributed by atoms with Crippen molar-refractivity contribution < 1.29 is 14.2 Å². The van der Waals surface area contributed by atoms with Gasteiger partial charge in [0.1, 0.15) is 42.1 Å². The highest BCUT2D eigenvalue weighted by Crippen LogP contribution is 2.42. The molecule has 0 saturated carbocycles. The molecule has 9 rings (SSSR count). The Labute approximate surface area is 474 Å². The first-order valence-electron chi connectivity index (χ1n) is 26.2. The molecule has 6 aromatic heterocycles. The lowest BCUT2D eigenvalue weighted by Crippen LogP contribution is -2.20. The second-order valence-electron chi connectivity index (χ2n) is 22.1. The summed E-state index contributed by atoms with van der Waals surface area (Å²) in [6, 6.07) is 49.1. The number of nitriles is 3. The fourth-order valence-electron chi connectivity index (χ4n) is 9.20. The van der Waals surface area contributed by atoms with E-state index in [9.17, 15) is 0 Å². The molecule has 0 N–H and O–H groups in total. The molecule has 404 valence electrons. The fourth-order valence-corrected chi connectivity index (χ4v) is 9.73. The zero-order chi connectivity index (χ0) is 57.1. The molecule has 0 aliphatic heterocycles. The number of aromatic nitrogens is 7. The summed E-state index contributed by atoms with van der Waals surface area (Å²) >= 11 is 1.57. The van der Waals surface area contributed by atoms with Gasteiger partial charge in [-0.2, -0.15) is 15.8 Å². The molecule has 9 aromatic rings. The van der Waals surface area contributed by atoms with Gasteiger partial charge in [0.05, 0.1) is 59.2 Å². The summed E-state index contributed by atoms with van der Waals surface area (Å²) in [5.41, 5.74) is 9.20. The maximum atomic E-state index is 9.03. The number of ether oxygens (including phenoxy) is 3. The molecule has 14 heteroatoms. The van der Waals surface area contributed by atoms with E-state index in [4.69, 9.17) is 30.0 Å². The summed E-state index contributed by atoms with van der Waals surface area (Å²) in [4.78, 5) is 30.7. The summed E-state index contributed by atoms with van der Waals surface area (Å²) in [6.07, 6.45) is 12.2. The van der Waals surface area contributed by atoms with Crippen molar-refractivity contribution in [2.45, 2.75) is 99.9 Å². The molecule has 80 heavy (non-hydrogen) atoms. The van der Waals surface area contributed by atoms with Gasteiger partial charge in [0, 0.05) is 65.0 Å². The van der Waals surface area contributed by atoms with Crippen molar-refractivity contribution in [2.24, 2.45) is 16.2 Å². The predicted molar refractivity (Wildman–Crippen MR) is 311 cm³/mol. The molecule has 0 aliphatic rings.